The molecule has 0 bridgehead atoms. The average molecular weight is 259 g/mol. The highest BCUT2D eigenvalue weighted by molar-refractivity contribution is 6.35. The van der Waals surface area contributed by atoms with Gasteiger partial charge in [0.15, 0.2) is 0 Å². The van der Waals surface area contributed by atoms with Gasteiger partial charge < -0.3 is 4.74 Å². The summed E-state index contributed by atoms with van der Waals surface area (Å²) in [7, 11) is 0. The molecule has 1 fully saturated rings. The first-order valence-corrected chi connectivity index (χ1v) is 6.03. The summed E-state index contributed by atoms with van der Waals surface area (Å²) >= 11 is 11.9. The quantitative estimate of drug-likeness (QED) is 0.755. The SMILES string of the molecule is CCC1CC(c2ccc(Cl)cc2Cl)C(=O)O1. The second-order valence-electron chi connectivity index (χ2n) is 3.92. The lowest BCUT2D eigenvalue weighted by atomic mass is 9.95. The third-order valence-corrected chi connectivity index (χ3v) is 3.42. The molecule has 0 N–H and O–H groups in total. The van der Waals surface area contributed by atoms with Crippen molar-refractivity contribution in [3.05, 3.63) is 33.8 Å². The van der Waals surface area contributed by atoms with Crippen molar-refractivity contribution < 1.29 is 9.53 Å². The van der Waals surface area contributed by atoms with Gasteiger partial charge in [-0.25, -0.2) is 0 Å². The molecule has 1 aromatic carbocycles. The van der Waals surface area contributed by atoms with Crippen LogP contribution in [0.5, 0.6) is 0 Å². The lowest BCUT2D eigenvalue weighted by Crippen LogP contribution is -2.06. The maximum absolute atomic E-state index is 11.7. The van der Waals surface area contributed by atoms with Gasteiger partial charge in [-0.1, -0.05) is 36.2 Å². The van der Waals surface area contributed by atoms with Crippen molar-refractivity contribution in [2.24, 2.45) is 0 Å². The summed E-state index contributed by atoms with van der Waals surface area (Å²) < 4.78 is 5.23. The van der Waals surface area contributed by atoms with E-state index in [9.17, 15) is 4.79 Å². The van der Waals surface area contributed by atoms with Crippen LogP contribution >= 0.6 is 23.2 Å². The normalized spacial score (nSPS) is 24.6. The van der Waals surface area contributed by atoms with E-state index in [2.05, 4.69) is 0 Å². The van der Waals surface area contributed by atoms with Crippen LogP contribution < -0.4 is 0 Å². The van der Waals surface area contributed by atoms with E-state index in [1.807, 2.05) is 6.92 Å². The van der Waals surface area contributed by atoms with Crippen molar-refractivity contribution in [1.29, 1.82) is 0 Å². The second kappa shape index (κ2) is 4.64. The molecule has 2 atom stereocenters. The van der Waals surface area contributed by atoms with Crippen LogP contribution in [0.4, 0.5) is 0 Å². The zero-order valence-electron chi connectivity index (χ0n) is 8.87. The highest BCUT2D eigenvalue weighted by atomic mass is 35.5. The van der Waals surface area contributed by atoms with Gasteiger partial charge in [0, 0.05) is 16.5 Å². The van der Waals surface area contributed by atoms with Gasteiger partial charge in [-0.15, -0.1) is 0 Å². The molecule has 4 heteroatoms. The summed E-state index contributed by atoms with van der Waals surface area (Å²) in [5.41, 5.74) is 0.812. The molecule has 2 unspecified atom stereocenters. The number of halogens is 2. The van der Waals surface area contributed by atoms with Crippen molar-refractivity contribution in [3.63, 3.8) is 0 Å². The zero-order valence-corrected chi connectivity index (χ0v) is 10.4. The van der Waals surface area contributed by atoms with Gasteiger partial charge in [-0.05, 0) is 24.1 Å². The molecule has 1 heterocycles. The Morgan fingerprint density at radius 2 is 2.19 bits per heavy atom. The number of benzene rings is 1. The van der Waals surface area contributed by atoms with Crippen molar-refractivity contribution in [3.8, 4) is 0 Å². The molecule has 1 aliphatic heterocycles. The molecular weight excluding hydrogens is 247 g/mol. The fourth-order valence-electron chi connectivity index (χ4n) is 1.94. The van der Waals surface area contributed by atoms with Crippen LogP contribution in [-0.4, -0.2) is 12.1 Å². The number of carbonyl (C=O) groups is 1. The Kier molecular flexibility index (Phi) is 3.41. The summed E-state index contributed by atoms with van der Waals surface area (Å²) in [6.45, 7) is 2.00. The zero-order chi connectivity index (χ0) is 11.7. The Morgan fingerprint density at radius 1 is 1.44 bits per heavy atom. The fourth-order valence-corrected chi connectivity index (χ4v) is 2.48. The van der Waals surface area contributed by atoms with E-state index < -0.39 is 0 Å². The number of ether oxygens (including phenoxy) is 1. The first kappa shape index (κ1) is 11.7. The summed E-state index contributed by atoms with van der Waals surface area (Å²) in [6.07, 6.45) is 1.56. The van der Waals surface area contributed by atoms with E-state index >= 15 is 0 Å². The summed E-state index contributed by atoms with van der Waals surface area (Å²) in [5.74, 6) is -0.425. The number of hydrogen-bond donors (Lipinski definition) is 0. The molecule has 2 rings (SSSR count). The number of carbonyl (C=O) groups excluding carboxylic acids is 1. The molecule has 0 spiro atoms. The molecule has 0 aromatic heterocycles. The second-order valence-corrected chi connectivity index (χ2v) is 4.76. The minimum atomic E-state index is -0.241. The van der Waals surface area contributed by atoms with E-state index in [4.69, 9.17) is 27.9 Å². The van der Waals surface area contributed by atoms with Crippen LogP contribution in [-0.2, 0) is 9.53 Å². The van der Waals surface area contributed by atoms with Crippen LogP contribution in [0.1, 0.15) is 31.2 Å². The van der Waals surface area contributed by atoms with Gasteiger partial charge in [0.1, 0.15) is 6.10 Å². The molecule has 0 amide bonds. The van der Waals surface area contributed by atoms with Crippen molar-refractivity contribution >= 4 is 29.2 Å². The summed E-state index contributed by atoms with van der Waals surface area (Å²) in [6, 6.07) is 5.20. The number of hydrogen-bond acceptors (Lipinski definition) is 2. The van der Waals surface area contributed by atoms with Crippen LogP contribution in [0.15, 0.2) is 18.2 Å². The van der Waals surface area contributed by atoms with Gasteiger partial charge in [-0.3, -0.25) is 4.79 Å². The predicted molar refractivity (Wildman–Crippen MR) is 64.0 cm³/mol. The lowest BCUT2D eigenvalue weighted by molar-refractivity contribution is -0.142. The van der Waals surface area contributed by atoms with Crippen molar-refractivity contribution in [1.82, 2.24) is 0 Å². The Bertz CT molecular complexity index is 417. The highest BCUT2D eigenvalue weighted by Crippen LogP contribution is 2.36. The van der Waals surface area contributed by atoms with Gasteiger partial charge in [0.25, 0.3) is 0 Å². The average Bonchev–Trinajstić information content (AvgIpc) is 2.60. The van der Waals surface area contributed by atoms with Crippen LogP contribution in [0.2, 0.25) is 10.0 Å². The topological polar surface area (TPSA) is 26.3 Å². The molecule has 1 aliphatic rings. The predicted octanol–water partition coefficient (Wildman–Crippen LogP) is 3.80. The molecule has 0 radical (unpaired) electrons. The first-order chi connectivity index (χ1) is 7.61. The summed E-state index contributed by atoms with van der Waals surface area (Å²) in [4.78, 5) is 11.7. The number of cyclic esters (lactones) is 1. The molecule has 1 aromatic rings. The number of esters is 1. The van der Waals surface area contributed by atoms with E-state index in [0.717, 1.165) is 12.0 Å². The molecule has 1 saturated heterocycles. The van der Waals surface area contributed by atoms with Gasteiger partial charge in [0.2, 0.25) is 0 Å². The van der Waals surface area contributed by atoms with E-state index in [1.54, 1.807) is 18.2 Å². The van der Waals surface area contributed by atoms with Crippen LogP contribution in [0, 0.1) is 0 Å². The Balaban J connectivity index is 2.28. The van der Waals surface area contributed by atoms with Crippen LogP contribution in [0.3, 0.4) is 0 Å². The van der Waals surface area contributed by atoms with Gasteiger partial charge in [0.05, 0.1) is 5.92 Å². The minimum Gasteiger partial charge on any atom is -0.462 e. The van der Waals surface area contributed by atoms with Crippen molar-refractivity contribution in [2.45, 2.75) is 31.8 Å². The third-order valence-electron chi connectivity index (χ3n) is 2.86. The Labute approximate surface area is 104 Å². The molecule has 0 aliphatic carbocycles. The Hall–Kier alpha value is -0.730. The maximum atomic E-state index is 11.7. The number of rotatable bonds is 2. The molecule has 16 heavy (non-hydrogen) atoms. The van der Waals surface area contributed by atoms with Gasteiger partial charge >= 0.3 is 5.97 Å². The van der Waals surface area contributed by atoms with Gasteiger partial charge in [-0.2, -0.15) is 0 Å². The monoisotopic (exact) mass is 258 g/mol. The lowest BCUT2D eigenvalue weighted by Gasteiger charge is -2.08. The largest absolute Gasteiger partial charge is 0.462 e. The molecule has 0 saturated carbocycles. The van der Waals surface area contributed by atoms with Crippen LogP contribution in [0.25, 0.3) is 0 Å². The van der Waals surface area contributed by atoms with Crippen molar-refractivity contribution in [2.75, 3.05) is 0 Å². The van der Waals surface area contributed by atoms with E-state index in [-0.39, 0.29) is 18.0 Å². The van der Waals surface area contributed by atoms with E-state index in [0.29, 0.717) is 16.5 Å². The minimum absolute atomic E-state index is 0.0178. The third kappa shape index (κ3) is 2.18. The summed E-state index contributed by atoms with van der Waals surface area (Å²) in [5, 5.41) is 1.11. The molecule has 86 valence electrons. The van der Waals surface area contributed by atoms with E-state index in [1.165, 1.54) is 0 Å². The highest BCUT2D eigenvalue weighted by Gasteiger charge is 2.35. The fraction of sp³-hybridized carbons (Fsp3) is 0.417. The standard InChI is InChI=1S/C12H12Cl2O2/c1-2-8-6-10(12(15)16-8)9-4-3-7(13)5-11(9)14/h3-5,8,10H,2,6H2,1H3. The first-order valence-electron chi connectivity index (χ1n) is 5.27. The maximum Gasteiger partial charge on any atom is 0.313 e. The molecular formula is C12H12Cl2O2. The molecule has 2 nitrogen and oxygen atoms in total. The smallest absolute Gasteiger partial charge is 0.313 e. The Morgan fingerprint density at radius 3 is 2.75 bits per heavy atom.